The van der Waals surface area contributed by atoms with Crippen LogP contribution >= 0.6 is 0 Å². The minimum atomic E-state index is 0.638. The molecule has 76 valence electrons. The Morgan fingerprint density at radius 2 is 2.00 bits per heavy atom. The third-order valence-corrected chi connectivity index (χ3v) is 2.22. The van der Waals surface area contributed by atoms with Crippen molar-refractivity contribution in [1.29, 1.82) is 0 Å². The molecule has 0 atom stereocenters. The molecule has 1 heterocycles. The number of methoxy groups -OCH3 is 1. The zero-order valence-corrected chi connectivity index (χ0v) is 8.38. The molecule has 0 bridgehead atoms. The van der Waals surface area contributed by atoms with Gasteiger partial charge in [0.05, 0.1) is 12.8 Å². The van der Waals surface area contributed by atoms with E-state index in [4.69, 9.17) is 4.74 Å². The number of nitrogens with zero attached hydrogens (tertiary/aromatic N) is 1. The van der Waals surface area contributed by atoms with Gasteiger partial charge in [0.2, 0.25) is 0 Å². The van der Waals surface area contributed by atoms with Crippen molar-refractivity contribution >= 4 is 6.29 Å². The first-order valence-electron chi connectivity index (χ1n) is 4.61. The smallest absolute Gasteiger partial charge is 0.150 e. The lowest BCUT2D eigenvalue weighted by atomic mass is 10.2. The second kappa shape index (κ2) is 4.00. The van der Waals surface area contributed by atoms with E-state index in [9.17, 15) is 4.79 Å². The van der Waals surface area contributed by atoms with Crippen molar-refractivity contribution in [1.82, 2.24) is 4.57 Å². The average molecular weight is 201 g/mol. The van der Waals surface area contributed by atoms with Crippen LogP contribution in [0.5, 0.6) is 5.75 Å². The van der Waals surface area contributed by atoms with Crippen LogP contribution in [-0.4, -0.2) is 18.0 Å². The van der Waals surface area contributed by atoms with Gasteiger partial charge in [0.1, 0.15) is 12.0 Å². The molecule has 0 N–H and O–H groups in total. The Labute approximate surface area is 87.9 Å². The molecule has 0 unspecified atom stereocenters. The van der Waals surface area contributed by atoms with Crippen LogP contribution in [0.25, 0.3) is 5.69 Å². The van der Waals surface area contributed by atoms with Gasteiger partial charge in [0, 0.05) is 18.0 Å². The van der Waals surface area contributed by atoms with Gasteiger partial charge in [-0.3, -0.25) is 4.79 Å². The molecule has 0 radical (unpaired) electrons. The number of hydrogen-bond donors (Lipinski definition) is 0. The Hall–Kier alpha value is -2.03. The molecule has 1 aromatic carbocycles. The molecule has 15 heavy (non-hydrogen) atoms. The topological polar surface area (TPSA) is 31.2 Å². The van der Waals surface area contributed by atoms with Crippen LogP contribution < -0.4 is 4.74 Å². The van der Waals surface area contributed by atoms with Gasteiger partial charge in [0.15, 0.2) is 0 Å². The van der Waals surface area contributed by atoms with Gasteiger partial charge in [0.25, 0.3) is 0 Å². The van der Waals surface area contributed by atoms with Gasteiger partial charge in [-0.1, -0.05) is 0 Å². The first-order chi connectivity index (χ1) is 7.35. The third kappa shape index (κ3) is 1.76. The number of ether oxygens (including phenoxy) is 1. The van der Waals surface area contributed by atoms with Gasteiger partial charge < -0.3 is 9.30 Å². The van der Waals surface area contributed by atoms with Crippen molar-refractivity contribution in [3.63, 3.8) is 0 Å². The second-order valence-electron chi connectivity index (χ2n) is 3.14. The molecular weight excluding hydrogens is 190 g/mol. The molecule has 3 heteroatoms. The molecular formula is C12H11NO2. The summed E-state index contributed by atoms with van der Waals surface area (Å²) in [6.07, 6.45) is 4.64. The number of carbonyl (C=O) groups is 1. The molecule has 0 aliphatic rings. The average Bonchev–Trinajstić information content (AvgIpc) is 2.81. The molecule has 3 nitrogen and oxygen atoms in total. The standard InChI is InChI=1S/C12H11NO2/c1-15-12-5-4-10(9-14)8-11(12)13-6-2-3-7-13/h2-9H,1H3. The van der Waals surface area contributed by atoms with E-state index < -0.39 is 0 Å². The predicted octanol–water partition coefficient (Wildman–Crippen LogP) is 2.30. The number of aromatic nitrogens is 1. The summed E-state index contributed by atoms with van der Waals surface area (Å²) in [5.41, 5.74) is 1.51. The van der Waals surface area contributed by atoms with Gasteiger partial charge in [-0.15, -0.1) is 0 Å². The summed E-state index contributed by atoms with van der Waals surface area (Å²) < 4.78 is 7.14. The highest BCUT2D eigenvalue weighted by molar-refractivity contribution is 5.77. The van der Waals surface area contributed by atoms with E-state index in [1.165, 1.54) is 0 Å². The van der Waals surface area contributed by atoms with E-state index in [1.54, 1.807) is 25.3 Å². The van der Waals surface area contributed by atoms with Crippen LogP contribution in [0.3, 0.4) is 0 Å². The first-order valence-corrected chi connectivity index (χ1v) is 4.61. The molecule has 0 aliphatic heterocycles. The van der Waals surface area contributed by atoms with Crippen molar-refractivity contribution < 1.29 is 9.53 Å². The summed E-state index contributed by atoms with van der Waals surface area (Å²) in [7, 11) is 1.61. The zero-order valence-electron chi connectivity index (χ0n) is 8.38. The molecule has 2 aromatic rings. The van der Waals surface area contributed by atoms with Crippen molar-refractivity contribution in [2.24, 2.45) is 0 Å². The van der Waals surface area contributed by atoms with Crippen LogP contribution in [0.1, 0.15) is 10.4 Å². The number of aldehydes is 1. The highest BCUT2D eigenvalue weighted by Crippen LogP contribution is 2.23. The SMILES string of the molecule is COc1ccc(C=O)cc1-n1cccc1. The van der Waals surface area contributed by atoms with Crippen molar-refractivity contribution in [2.75, 3.05) is 7.11 Å². The fourth-order valence-corrected chi connectivity index (χ4v) is 1.48. The highest BCUT2D eigenvalue weighted by atomic mass is 16.5. The lowest BCUT2D eigenvalue weighted by Crippen LogP contribution is -1.96. The molecule has 1 aromatic heterocycles. The summed E-state index contributed by atoms with van der Waals surface area (Å²) in [5.74, 6) is 0.747. The maximum absolute atomic E-state index is 10.7. The van der Waals surface area contributed by atoms with Crippen LogP contribution in [0.2, 0.25) is 0 Å². The molecule has 0 saturated carbocycles. The van der Waals surface area contributed by atoms with E-state index in [2.05, 4.69) is 0 Å². The third-order valence-electron chi connectivity index (χ3n) is 2.22. The monoisotopic (exact) mass is 201 g/mol. The Kier molecular flexibility index (Phi) is 2.54. The molecule has 0 fully saturated rings. The predicted molar refractivity (Wildman–Crippen MR) is 57.7 cm³/mol. The van der Waals surface area contributed by atoms with Gasteiger partial charge in [-0.25, -0.2) is 0 Å². The Bertz CT molecular complexity index is 460. The summed E-state index contributed by atoms with van der Waals surface area (Å²) in [6.45, 7) is 0. The molecule has 0 aliphatic carbocycles. The summed E-state index contributed by atoms with van der Waals surface area (Å²) in [4.78, 5) is 10.7. The maximum Gasteiger partial charge on any atom is 0.150 e. The van der Waals surface area contributed by atoms with Crippen LogP contribution in [0, 0.1) is 0 Å². The normalized spacial score (nSPS) is 9.93. The molecule has 2 rings (SSSR count). The first kappa shape index (κ1) is 9.52. The van der Waals surface area contributed by atoms with Crippen LogP contribution in [0.15, 0.2) is 42.7 Å². The summed E-state index contributed by atoms with van der Waals surface area (Å²) in [6, 6.07) is 9.17. The van der Waals surface area contributed by atoms with Gasteiger partial charge >= 0.3 is 0 Å². The van der Waals surface area contributed by atoms with E-state index in [1.807, 2.05) is 29.1 Å². The largest absolute Gasteiger partial charge is 0.495 e. The van der Waals surface area contributed by atoms with E-state index in [-0.39, 0.29) is 0 Å². The lowest BCUT2D eigenvalue weighted by molar-refractivity contribution is 0.112. The van der Waals surface area contributed by atoms with Gasteiger partial charge in [-0.05, 0) is 30.3 Å². The number of benzene rings is 1. The quantitative estimate of drug-likeness (QED) is 0.713. The fourth-order valence-electron chi connectivity index (χ4n) is 1.48. The van der Waals surface area contributed by atoms with E-state index in [0.29, 0.717) is 5.56 Å². The molecule has 0 amide bonds. The Morgan fingerprint density at radius 3 is 2.60 bits per heavy atom. The minimum Gasteiger partial charge on any atom is -0.495 e. The Balaban J connectivity index is 2.56. The molecule has 0 spiro atoms. The van der Waals surface area contributed by atoms with E-state index >= 15 is 0 Å². The highest BCUT2D eigenvalue weighted by Gasteiger charge is 2.04. The van der Waals surface area contributed by atoms with Crippen molar-refractivity contribution in [2.45, 2.75) is 0 Å². The summed E-state index contributed by atoms with van der Waals surface area (Å²) >= 11 is 0. The minimum absolute atomic E-state index is 0.638. The second-order valence-corrected chi connectivity index (χ2v) is 3.14. The Morgan fingerprint density at radius 1 is 1.27 bits per heavy atom. The fraction of sp³-hybridized carbons (Fsp3) is 0.0833. The number of carbonyl (C=O) groups excluding carboxylic acids is 1. The maximum atomic E-state index is 10.7. The molecule has 0 saturated heterocycles. The summed E-state index contributed by atoms with van der Waals surface area (Å²) in [5, 5.41) is 0. The van der Waals surface area contributed by atoms with Crippen molar-refractivity contribution in [3.8, 4) is 11.4 Å². The van der Waals surface area contributed by atoms with Gasteiger partial charge in [-0.2, -0.15) is 0 Å². The van der Waals surface area contributed by atoms with Crippen molar-refractivity contribution in [3.05, 3.63) is 48.3 Å². The number of rotatable bonds is 3. The number of hydrogen-bond acceptors (Lipinski definition) is 2. The van der Waals surface area contributed by atoms with E-state index in [0.717, 1.165) is 17.7 Å². The lowest BCUT2D eigenvalue weighted by Gasteiger charge is -2.09. The zero-order chi connectivity index (χ0) is 10.7. The van der Waals surface area contributed by atoms with Crippen LogP contribution in [0.4, 0.5) is 0 Å². The van der Waals surface area contributed by atoms with Crippen LogP contribution in [-0.2, 0) is 0 Å².